The van der Waals surface area contributed by atoms with Crippen molar-refractivity contribution in [1.82, 2.24) is 0 Å². The molecule has 18 heavy (non-hydrogen) atoms. The maximum Gasteiger partial charge on any atom is 0.177 e. The fourth-order valence-electron chi connectivity index (χ4n) is 2.34. The minimum absolute atomic E-state index is 0.798. The third-order valence-electron chi connectivity index (χ3n) is 3.22. The predicted octanol–water partition coefficient (Wildman–Crippen LogP) is 4.85. The molecule has 0 aliphatic carbocycles. The van der Waals surface area contributed by atoms with Crippen LogP contribution in [0.15, 0.2) is 69.9 Å². The first-order chi connectivity index (χ1) is 8.93. The molecule has 0 bridgehead atoms. The Morgan fingerprint density at radius 3 is 1.50 bits per heavy atom. The van der Waals surface area contributed by atoms with Crippen LogP contribution in [-0.2, 0) is 0 Å². The summed E-state index contributed by atoms with van der Waals surface area (Å²) in [5, 5.41) is 4.34. The first-order valence-electron chi connectivity index (χ1n) is 5.86. The second kappa shape index (κ2) is 3.50. The molecular formula is C16H10O2. The van der Waals surface area contributed by atoms with Gasteiger partial charge in [-0.1, -0.05) is 48.5 Å². The van der Waals surface area contributed by atoms with Crippen molar-refractivity contribution in [1.29, 1.82) is 0 Å². The molecule has 0 aliphatic rings. The maximum atomic E-state index is 5.67. The van der Waals surface area contributed by atoms with E-state index in [9.17, 15) is 0 Å². The van der Waals surface area contributed by atoms with Gasteiger partial charge in [0.25, 0.3) is 0 Å². The van der Waals surface area contributed by atoms with Gasteiger partial charge < -0.3 is 8.83 Å². The van der Waals surface area contributed by atoms with Crippen molar-refractivity contribution in [2.75, 3.05) is 0 Å². The van der Waals surface area contributed by atoms with Crippen molar-refractivity contribution in [2.45, 2.75) is 0 Å². The van der Waals surface area contributed by atoms with Gasteiger partial charge in [0, 0.05) is 21.5 Å². The Balaban J connectivity index is 2.08. The van der Waals surface area contributed by atoms with E-state index in [0.717, 1.165) is 33.1 Å². The van der Waals surface area contributed by atoms with E-state index in [-0.39, 0.29) is 0 Å². The molecule has 0 atom stereocenters. The minimum Gasteiger partial charge on any atom is -0.460 e. The van der Waals surface area contributed by atoms with Gasteiger partial charge >= 0.3 is 0 Å². The number of hydrogen-bond donors (Lipinski definition) is 0. The number of hydrogen-bond acceptors (Lipinski definition) is 2. The largest absolute Gasteiger partial charge is 0.460 e. The normalized spacial score (nSPS) is 11.3. The van der Waals surface area contributed by atoms with Crippen molar-refractivity contribution in [3.8, 4) is 11.5 Å². The van der Waals surface area contributed by atoms with Gasteiger partial charge in [-0.2, -0.15) is 0 Å². The Labute approximate surface area is 103 Å². The Kier molecular flexibility index (Phi) is 1.86. The monoisotopic (exact) mass is 234 g/mol. The van der Waals surface area contributed by atoms with Crippen molar-refractivity contribution in [3.05, 3.63) is 61.1 Å². The SMILES string of the molecule is c1ccc2c(-c3occ4ccccc34)occ2c1. The first kappa shape index (κ1) is 9.54. The van der Waals surface area contributed by atoms with Crippen LogP contribution < -0.4 is 0 Å². The van der Waals surface area contributed by atoms with Crippen LogP contribution in [0.3, 0.4) is 0 Å². The van der Waals surface area contributed by atoms with Gasteiger partial charge in [-0.05, 0) is 0 Å². The van der Waals surface area contributed by atoms with Gasteiger partial charge in [-0.15, -0.1) is 0 Å². The van der Waals surface area contributed by atoms with Crippen molar-refractivity contribution in [2.24, 2.45) is 0 Å². The number of furan rings is 2. The summed E-state index contributed by atoms with van der Waals surface area (Å²) in [4.78, 5) is 0. The van der Waals surface area contributed by atoms with Crippen LogP contribution in [0.5, 0.6) is 0 Å². The van der Waals surface area contributed by atoms with Crippen LogP contribution >= 0.6 is 0 Å². The van der Waals surface area contributed by atoms with Gasteiger partial charge in [0.05, 0.1) is 12.5 Å². The minimum atomic E-state index is 0.798. The summed E-state index contributed by atoms with van der Waals surface area (Å²) in [6, 6.07) is 16.2. The van der Waals surface area contributed by atoms with E-state index in [1.165, 1.54) is 0 Å². The molecule has 0 unspecified atom stereocenters. The molecule has 86 valence electrons. The quantitative estimate of drug-likeness (QED) is 0.470. The highest BCUT2D eigenvalue weighted by atomic mass is 16.4. The fourth-order valence-corrected chi connectivity index (χ4v) is 2.34. The van der Waals surface area contributed by atoms with E-state index >= 15 is 0 Å². The molecular weight excluding hydrogens is 224 g/mol. The zero-order valence-electron chi connectivity index (χ0n) is 9.59. The predicted molar refractivity (Wildman–Crippen MR) is 71.4 cm³/mol. The lowest BCUT2D eigenvalue weighted by molar-refractivity contribution is 0.530. The number of rotatable bonds is 1. The summed E-state index contributed by atoms with van der Waals surface area (Å²) >= 11 is 0. The second-order valence-corrected chi connectivity index (χ2v) is 4.30. The summed E-state index contributed by atoms with van der Waals surface area (Å²) in [5.41, 5.74) is 0. The average Bonchev–Trinajstić information content (AvgIpc) is 3.01. The summed E-state index contributed by atoms with van der Waals surface area (Å²) in [6.07, 6.45) is 3.53. The molecule has 2 nitrogen and oxygen atoms in total. The third kappa shape index (κ3) is 1.23. The molecule has 4 rings (SSSR count). The number of benzene rings is 2. The second-order valence-electron chi connectivity index (χ2n) is 4.30. The van der Waals surface area contributed by atoms with Gasteiger partial charge in [0.1, 0.15) is 0 Å². The molecule has 0 amide bonds. The molecule has 0 spiro atoms. The molecule has 0 radical (unpaired) electrons. The Hall–Kier alpha value is -2.48. The van der Waals surface area contributed by atoms with E-state index in [4.69, 9.17) is 8.83 Å². The molecule has 0 aliphatic heterocycles. The van der Waals surface area contributed by atoms with E-state index in [0.29, 0.717) is 0 Å². The van der Waals surface area contributed by atoms with Crippen molar-refractivity contribution >= 4 is 21.5 Å². The lowest BCUT2D eigenvalue weighted by Gasteiger charge is -1.94. The molecule has 4 aromatic rings. The molecule has 2 aromatic heterocycles. The van der Waals surface area contributed by atoms with Crippen LogP contribution in [0.1, 0.15) is 0 Å². The molecule has 2 aromatic carbocycles. The van der Waals surface area contributed by atoms with Crippen LogP contribution in [0, 0.1) is 0 Å². The summed E-state index contributed by atoms with van der Waals surface area (Å²) in [5.74, 6) is 1.60. The highest BCUT2D eigenvalue weighted by Gasteiger charge is 2.14. The van der Waals surface area contributed by atoms with E-state index < -0.39 is 0 Å². The topological polar surface area (TPSA) is 26.3 Å². The zero-order chi connectivity index (χ0) is 11.9. The molecule has 0 fully saturated rings. The molecule has 2 heteroatoms. The average molecular weight is 234 g/mol. The molecule has 0 saturated heterocycles. The summed E-state index contributed by atoms with van der Waals surface area (Å²) < 4.78 is 11.3. The smallest absolute Gasteiger partial charge is 0.177 e. The Bertz CT molecular complexity index is 764. The fraction of sp³-hybridized carbons (Fsp3) is 0. The van der Waals surface area contributed by atoms with Gasteiger partial charge in [-0.3, -0.25) is 0 Å². The van der Waals surface area contributed by atoms with Gasteiger partial charge in [0.15, 0.2) is 11.5 Å². The lowest BCUT2D eigenvalue weighted by atomic mass is 10.1. The summed E-state index contributed by atoms with van der Waals surface area (Å²) in [6.45, 7) is 0. The lowest BCUT2D eigenvalue weighted by Crippen LogP contribution is -1.72. The van der Waals surface area contributed by atoms with Gasteiger partial charge in [-0.25, -0.2) is 0 Å². The molecule has 0 N–H and O–H groups in total. The van der Waals surface area contributed by atoms with E-state index in [1.54, 1.807) is 12.5 Å². The van der Waals surface area contributed by atoms with Gasteiger partial charge in [0.2, 0.25) is 0 Å². The van der Waals surface area contributed by atoms with E-state index in [2.05, 4.69) is 0 Å². The van der Waals surface area contributed by atoms with Crippen LogP contribution in [0.4, 0.5) is 0 Å². The zero-order valence-corrected chi connectivity index (χ0v) is 9.59. The van der Waals surface area contributed by atoms with Crippen LogP contribution in [0.2, 0.25) is 0 Å². The highest BCUT2D eigenvalue weighted by molar-refractivity contribution is 6.01. The highest BCUT2D eigenvalue weighted by Crippen LogP contribution is 2.35. The van der Waals surface area contributed by atoms with E-state index in [1.807, 2.05) is 48.5 Å². The molecule has 2 heterocycles. The maximum absolute atomic E-state index is 5.67. The summed E-state index contributed by atoms with van der Waals surface area (Å²) in [7, 11) is 0. The Morgan fingerprint density at radius 2 is 1.00 bits per heavy atom. The third-order valence-corrected chi connectivity index (χ3v) is 3.22. The van der Waals surface area contributed by atoms with Crippen molar-refractivity contribution in [3.63, 3.8) is 0 Å². The van der Waals surface area contributed by atoms with Crippen molar-refractivity contribution < 1.29 is 8.83 Å². The standard InChI is InChI=1S/C16H10O2/c1-3-7-13-11(5-1)9-17-15(13)16-14-8-4-2-6-12(14)10-18-16/h1-10H. The van der Waals surface area contributed by atoms with Crippen LogP contribution in [-0.4, -0.2) is 0 Å². The first-order valence-corrected chi connectivity index (χ1v) is 5.86. The number of fused-ring (bicyclic) bond motifs is 2. The molecule has 0 saturated carbocycles. The Morgan fingerprint density at radius 1 is 0.556 bits per heavy atom. The van der Waals surface area contributed by atoms with Crippen LogP contribution in [0.25, 0.3) is 33.1 Å².